The second kappa shape index (κ2) is 9.48. The molecule has 0 fully saturated rings. The first-order valence-electron chi connectivity index (χ1n) is 7.57. The lowest BCUT2D eigenvalue weighted by Gasteiger charge is -2.19. The van der Waals surface area contributed by atoms with E-state index in [0.717, 1.165) is 17.9 Å². The molecule has 2 rings (SSSR count). The summed E-state index contributed by atoms with van der Waals surface area (Å²) in [4.78, 5) is 15.0. The number of para-hydroxylation sites is 1. The summed E-state index contributed by atoms with van der Waals surface area (Å²) in [6, 6.07) is 17.8. The minimum absolute atomic E-state index is 0.0392. The van der Waals surface area contributed by atoms with Gasteiger partial charge in [0.2, 0.25) is 5.91 Å². The van der Waals surface area contributed by atoms with Crippen LogP contribution in [0.1, 0.15) is 6.42 Å². The number of nitrogens with zero attached hydrogens (tertiary/aromatic N) is 1. The Morgan fingerprint density at radius 1 is 1.13 bits per heavy atom. The molecule has 0 saturated heterocycles. The van der Waals surface area contributed by atoms with Crippen LogP contribution in [0.15, 0.2) is 59.5 Å². The van der Waals surface area contributed by atoms with Crippen molar-refractivity contribution in [1.29, 1.82) is 0 Å². The smallest absolute Gasteiger partial charge is 0.230 e. The predicted octanol–water partition coefficient (Wildman–Crippen LogP) is 4.07. The van der Waals surface area contributed by atoms with Crippen LogP contribution in [0.5, 0.6) is 0 Å². The largest absolute Gasteiger partial charge is 0.375 e. The Bertz CT molecular complexity index is 621. The molecule has 0 spiro atoms. The maximum atomic E-state index is 11.9. The molecule has 1 N–H and O–H groups in total. The molecule has 0 heterocycles. The van der Waals surface area contributed by atoms with Gasteiger partial charge in [0, 0.05) is 30.7 Å². The molecular formula is C18H21ClN2OS. The molecule has 0 aliphatic carbocycles. The Balaban J connectivity index is 1.62. The van der Waals surface area contributed by atoms with Crippen LogP contribution >= 0.6 is 23.4 Å². The maximum absolute atomic E-state index is 11.9. The van der Waals surface area contributed by atoms with Crippen LogP contribution in [0, 0.1) is 0 Å². The third kappa shape index (κ3) is 6.16. The van der Waals surface area contributed by atoms with Crippen molar-refractivity contribution in [3.05, 3.63) is 59.6 Å². The van der Waals surface area contributed by atoms with Crippen molar-refractivity contribution in [3.63, 3.8) is 0 Å². The third-order valence-corrected chi connectivity index (χ3v) is 4.90. The topological polar surface area (TPSA) is 32.3 Å². The minimum atomic E-state index is 0.0392. The average molecular weight is 349 g/mol. The molecule has 0 bridgehead atoms. The van der Waals surface area contributed by atoms with Crippen LogP contribution < -0.4 is 10.2 Å². The van der Waals surface area contributed by atoms with Gasteiger partial charge in [-0.05, 0) is 30.7 Å². The van der Waals surface area contributed by atoms with Crippen LogP contribution in [0.2, 0.25) is 5.02 Å². The van der Waals surface area contributed by atoms with E-state index in [2.05, 4.69) is 29.4 Å². The van der Waals surface area contributed by atoms with E-state index in [0.29, 0.717) is 17.3 Å². The number of hydrogen-bond donors (Lipinski definition) is 1. The van der Waals surface area contributed by atoms with Crippen molar-refractivity contribution < 1.29 is 4.79 Å². The van der Waals surface area contributed by atoms with Gasteiger partial charge in [-0.2, -0.15) is 0 Å². The number of rotatable bonds is 8. The van der Waals surface area contributed by atoms with Crippen molar-refractivity contribution >= 4 is 35.0 Å². The molecule has 0 unspecified atom stereocenters. The molecule has 3 nitrogen and oxygen atoms in total. The molecule has 0 saturated carbocycles. The van der Waals surface area contributed by atoms with E-state index in [-0.39, 0.29) is 5.91 Å². The first kappa shape index (κ1) is 17.7. The van der Waals surface area contributed by atoms with Gasteiger partial charge in [-0.1, -0.05) is 41.9 Å². The first-order chi connectivity index (χ1) is 11.2. The van der Waals surface area contributed by atoms with Crippen LogP contribution in [0.4, 0.5) is 5.69 Å². The molecule has 0 aliphatic heterocycles. The van der Waals surface area contributed by atoms with E-state index in [1.165, 1.54) is 17.4 Å². The predicted molar refractivity (Wildman–Crippen MR) is 99.5 cm³/mol. The van der Waals surface area contributed by atoms with Gasteiger partial charge in [0.1, 0.15) is 0 Å². The van der Waals surface area contributed by atoms with Gasteiger partial charge >= 0.3 is 0 Å². The van der Waals surface area contributed by atoms with Gasteiger partial charge in [-0.15, -0.1) is 11.8 Å². The van der Waals surface area contributed by atoms with E-state index >= 15 is 0 Å². The number of carbonyl (C=O) groups excluding carboxylic acids is 1. The number of hydrogen-bond acceptors (Lipinski definition) is 3. The highest BCUT2D eigenvalue weighted by molar-refractivity contribution is 8.00. The zero-order valence-corrected chi connectivity index (χ0v) is 14.7. The number of halogens is 1. The highest BCUT2D eigenvalue weighted by Crippen LogP contribution is 2.26. The van der Waals surface area contributed by atoms with Crippen LogP contribution in [0.25, 0.3) is 0 Å². The van der Waals surface area contributed by atoms with Gasteiger partial charge in [0.15, 0.2) is 0 Å². The minimum Gasteiger partial charge on any atom is -0.375 e. The number of benzene rings is 2. The van der Waals surface area contributed by atoms with E-state index in [1.807, 2.05) is 42.5 Å². The Labute approximate surface area is 147 Å². The fourth-order valence-electron chi connectivity index (χ4n) is 2.11. The summed E-state index contributed by atoms with van der Waals surface area (Å²) in [5.74, 6) is 0.426. The van der Waals surface area contributed by atoms with Crippen molar-refractivity contribution in [2.75, 3.05) is 30.8 Å². The monoisotopic (exact) mass is 348 g/mol. The summed E-state index contributed by atoms with van der Waals surface area (Å²) < 4.78 is 0. The summed E-state index contributed by atoms with van der Waals surface area (Å²) in [5, 5.41) is 3.64. The standard InChI is InChI=1S/C18H21ClN2OS/c1-21(15-8-3-2-4-9-15)13-7-12-20-18(22)14-23-17-11-6-5-10-16(17)19/h2-6,8-11H,7,12-14H2,1H3,(H,20,22). The third-order valence-electron chi connectivity index (χ3n) is 3.38. The lowest BCUT2D eigenvalue weighted by atomic mass is 10.3. The number of carbonyl (C=O) groups is 1. The molecule has 1 amide bonds. The van der Waals surface area contributed by atoms with Crippen molar-refractivity contribution in [2.45, 2.75) is 11.3 Å². The van der Waals surface area contributed by atoms with Crippen LogP contribution in [-0.2, 0) is 4.79 Å². The number of nitrogens with one attached hydrogen (secondary N) is 1. The average Bonchev–Trinajstić information content (AvgIpc) is 2.58. The van der Waals surface area contributed by atoms with Crippen LogP contribution in [-0.4, -0.2) is 31.8 Å². The summed E-state index contributed by atoms with van der Waals surface area (Å²) >= 11 is 7.53. The summed E-state index contributed by atoms with van der Waals surface area (Å²) in [7, 11) is 2.06. The molecular weight excluding hydrogens is 328 g/mol. The summed E-state index contributed by atoms with van der Waals surface area (Å²) in [6.45, 7) is 1.58. The van der Waals surface area contributed by atoms with Gasteiger partial charge in [0.25, 0.3) is 0 Å². The highest BCUT2D eigenvalue weighted by atomic mass is 35.5. The lowest BCUT2D eigenvalue weighted by Crippen LogP contribution is -2.29. The Hall–Kier alpha value is -1.65. The van der Waals surface area contributed by atoms with E-state index in [4.69, 9.17) is 11.6 Å². The number of thioether (sulfide) groups is 1. The Morgan fingerprint density at radius 2 is 1.83 bits per heavy atom. The highest BCUT2D eigenvalue weighted by Gasteiger charge is 2.05. The lowest BCUT2D eigenvalue weighted by molar-refractivity contribution is -0.118. The quantitative estimate of drug-likeness (QED) is 0.576. The Kier molecular flexibility index (Phi) is 7.30. The zero-order valence-electron chi connectivity index (χ0n) is 13.2. The van der Waals surface area contributed by atoms with Crippen molar-refractivity contribution in [2.24, 2.45) is 0 Å². The van der Waals surface area contributed by atoms with Gasteiger partial charge in [-0.3, -0.25) is 4.79 Å². The Morgan fingerprint density at radius 3 is 2.57 bits per heavy atom. The molecule has 2 aromatic carbocycles. The fourth-order valence-corrected chi connectivity index (χ4v) is 3.18. The fraction of sp³-hybridized carbons (Fsp3) is 0.278. The van der Waals surface area contributed by atoms with Crippen LogP contribution in [0.3, 0.4) is 0 Å². The van der Waals surface area contributed by atoms with E-state index in [9.17, 15) is 4.79 Å². The SMILES string of the molecule is CN(CCCNC(=O)CSc1ccccc1Cl)c1ccccc1. The first-order valence-corrected chi connectivity index (χ1v) is 8.93. The van der Waals surface area contributed by atoms with Gasteiger partial charge in [-0.25, -0.2) is 0 Å². The van der Waals surface area contributed by atoms with E-state index in [1.54, 1.807) is 0 Å². The molecule has 0 aromatic heterocycles. The molecule has 23 heavy (non-hydrogen) atoms. The molecule has 5 heteroatoms. The van der Waals surface area contributed by atoms with Crippen molar-refractivity contribution in [3.8, 4) is 0 Å². The molecule has 0 atom stereocenters. The zero-order chi connectivity index (χ0) is 16.5. The van der Waals surface area contributed by atoms with Crippen molar-refractivity contribution in [1.82, 2.24) is 5.32 Å². The molecule has 122 valence electrons. The van der Waals surface area contributed by atoms with Gasteiger partial charge in [0.05, 0.1) is 10.8 Å². The number of anilines is 1. The number of amides is 1. The summed E-state index contributed by atoms with van der Waals surface area (Å²) in [5.41, 5.74) is 1.19. The normalized spacial score (nSPS) is 10.3. The van der Waals surface area contributed by atoms with Gasteiger partial charge < -0.3 is 10.2 Å². The second-order valence-corrected chi connectivity index (χ2v) is 6.60. The molecule has 2 aromatic rings. The molecule has 0 aliphatic rings. The summed E-state index contributed by atoms with van der Waals surface area (Å²) in [6.07, 6.45) is 0.911. The van der Waals surface area contributed by atoms with E-state index < -0.39 is 0 Å². The maximum Gasteiger partial charge on any atom is 0.230 e. The molecule has 0 radical (unpaired) electrons. The second-order valence-electron chi connectivity index (χ2n) is 5.18.